The van der Waals surface area contributed by atoms with Crippen molar-refractivity contribution >= 4 is 11.6 Å². The third kappa shape index (κ3) is 3.96. The second-order valence-electron chi connectivity index (χ2n) is 4.47. The number of methoxy groups -OCH3 is 1. The number of benzene rings is 1. The molecule has 0 aliphatic rings. The number of carbonyl (C=O) groups excluding carboxylic acids is 1. The number of nitrogens with one attached hydrogen (secondary N) is 1. The minimum Gasteiger partial charge on any atom is -0.481 e. The van der Waals surface area contributed by atoms with Gasteiger partial charge in [0.25, 0.3) is 5.91 Å². The Hall–Kier alpha value is -3.07. The number of ether oxygens (including phenoxy) is 2. The Morgan fingerprint density at radius 3 is 2.55 bits per heavy atom. The Balaban J connectivity index is 1.94. The molecule has 1 aromatic carbocycles. The maximum absolute atomic E-state index is 12.0. The fourth-order valence-electron chi connectivity index (χ4n) is 1.68. The first-order valence-electron chi connectivity index (χ1n) is 6.60. The van der Waals surface area contributed by atoms with Crippen molar-refractivity contribution in [1.82, 2.24) is 4.98 Å². The highest BCUT2D eigenvalue weighted by Crippen LogP contribution is 2.15. The number of anilines is 1. The summed E-state index contributed by atoms with van der Waals surface area (Å²) >= 11 is 0. The van der Waals surface area contributed by atoms with Crippen LogP contribution in [0.4, 0.5) is 5.69 Å². The monoisotopic (exact) mass is 297 g/mol. The van der Waals surface area contributed by atoms with Gasteiger partial charge in [0, 0.05) is 6.07 Å². The number of aromatic nitrogens is 1. The van der Waals surface area contributed by atoms with Crippen molar-refractivity contribution < 1.29 is 14.3 Å². The first-order chi connectivity index (χ1) is 10.6. The molecule has 0 aliphatic heterocycles. The number of hydrogen-bond donors (Lipinski definition) is 1. The summed E-state index contributed by atoms with van der Waals surface area (Å²) in [6.45, 7) is 1.64. The predicted octanol–water partition coefficient (Wildman–Crippen LogP) is 2.37. The van der Waals surface area contributed by atoms with Gasteiger partial charge in [-0.1, -0.05) is 0 Å². The lowest BCUT2D eigenvalue weighted by Gasteiger charge is -2.14. The molecule has 112 valence electrons. The van der Waals surface area contributed by atoms with Gasteiger partial charge >= 0.3 is 0 Å². The van der Waals surface area contributed by atoms with Crippen molar-refractivity contribution in [2.75, 3.05) is 12.4 Å². The van der Waals surface area contributed by atoms with Crippen LogP contribution in [-0.4, -0.2) is 24.1 Å². The average Bonchev–Trinajstić information content (AvgIpc) is 2.56. The number of pyridine rings is 1. The summed E-state index contributed by atoms with van der Waals surface area (Å²) in [4.78, 5) is 16.1. The number of carbonyl (C=O) groups is 1. The lowest BCUT2D eigenvalue weighted by molar-refractivity contribution is -0.122. The van der Waals surface area contributed by atoms with Gasteiger partial charge in [0.05, 0.1) is 30.6 Å². The third-order valence-electron chi connectivity index (χ3n) is 2.88. The van der Waals surface area contributed by atoms with E-state index >= 15 is 0 Å². The second kappa shape index (κ2) is 7.09. The third-order valence-corrected chi connectivity index (χ3v) is 2.88. The lowest BCUT2D eigenvalue weighted by atomic mass is 10.2. The van der Waals surface area contributed by atoms with Crippen LogP contribution >= 0.6 is 0 Å². The van der Waals surface area contributed by atoms with Crippen LogP contribution in [0.3, 0.4) is 0 Å². The van der Waals surface area contributed by atoms with E-state index in [0.29, 0.717) is 22.9 Å². The van der Waals surface area contributed by atoms with Gasteiger partial charge in [-0.05, 0) is 37.3 Å². The molecule has 1 N–H and O–H groups in total. The van der Waals surface area contributed by atoms with Crippen LogP contribution in [-0.2, 0) is 4.79 Å². The number of hydrogen-bond acceptors (Lipinski definition) is 5. The van der Waals surface area contributed by atoms with Crippen molar-refractivity contribution in [3.05, 3.63) is 48.2 Å². The smallest absolute Gasteiger partial charge is 0.265 e. The van der Waals surface area contributed by atoms with Crippen LogP contribution in [0.1, 0.15) is 12.5 Å². The quantitative estimate of drug-likeness (QED) is 0.915. The molecule has 0 saturated heterocycles. The predicted molar refractivity (Wildman–Crippen MR) is 80.7 cm³/mol. The van der Waals surface area contributed by atoms with E-state index in [-0.39, 0.29) is 5.91 Å². The van der Waals surface area contributed by atoms with Crippen molar-refractivity contribution in [2.24, 2.45) is 0 Å². The Kier molecular flexibility index (Phi) is 4.94. The number of nitrogens with zero attached hydrogens (tertiary/aromatic N) is 2. The molecule has 1 atom stereocenters. The molecule has 0 spiro atoms. The molecule has 0 saturated carbocycles. The molecule has 6 heteroatoms. The molecular weight excluding hydrogens is 282 g/mol. The topological polar surface area (TPSA) is 84.2 Å². The Morgan fingerprint density at radius 1 is 1.27 bits per heavy atom. The van der Waals surface area contributed by atoms with Gasteiger partial charge in [-0.25, -0.2) is 4.98 Å². The highest BCUT2D eigenvalue weighted by atomic mass is 16.5. The largest absolute Gasteiger partial charge is 0.481 e. The first-order valence-corrected chi connectivity index (χ1v) is 6.60. The maximum Gasteiger partial charge on any atom is 0.265 e. The van der Waals surface area contributed by atoms with Crippen molar-refractivity contribution in [1.29, 1.82) is 5.26 Å². The van der Waals surface area contributed by atoms with Gasteiger partial charge < -0.3 is 14.8 Å². The van der Waals surface area contributed by atoms with E-state index in [2.05, 4.69) is 10.3 Å². The van der Waals surface area contributed by atoms with Crippen LogP contribution in [0.25, 0.3) is 0 Å². The normalized spacial score (nSPS) is 11.1. The highest BCUT2D eigenvalue weighted by Gasteiger charge is 2.15. The molecule has 1 aromatic heterocycles. The van der Waals surface area contributed by atoms with Crippen LogP contribution in [0.2, 0.25) is 0 Å². The van der Waals surface area contributed by atoms with Crippen LogP contribution < -0.4 is 14.8 Å². The molecule has 1 unspecified atom stereocenters. The molecule has 1 amide bonds. The molecule has 6 nitrogen and oxygen atoms in total. The van der Waals surface area contributed by atoms with Gasteiger partial charge in [0.1, 0.15) is 5.75 Å². The van der Waals surface area contributed by atoms with Gasteiger partial charge in [0.15, 0.2) is 6.10 Å². The van der Waals surface area contributed by atoms with Gasteiger partial charge in [-0.3, -0.25) is 4.79 Å². The Morgan fingerprint density at radius 2 is 2.00 bits per heavy atom. The van der Waals surface area contributed by atoms with Crippen molar-refractivity contribution in [2.45, 2.75) is 13.0 Å². The van der Waals surface area contributed by atoms with Crippen molar-refractivity contribution in [3.63, 3.8) is 0 Å². The van der Waals surface area contributed by atoms with Gasteiger partial charge in [-0.2, -0.15) is 5.26 Å². The minimum absolute atomic E-state index is 0.295. The SMILES string of the molecule is COc1ccc(NC(=O)C(C)Oc2ccc(C#N)cc2)cn1. The van der Waals surface area contributed by atoms with E-state index in [0.717, 1.165) is 0 Å². The zero-order valence-electron chi connectivity index (χ0n) is 12.2. The van der Waals surface area contributed by atoms with E-state index in [1.54, 1.807) is 43.3 Å². The van der Waals surface area contributed by atoms with Crippen LogP contribution in [0.15, 0.2) is 42.6 Å². The van der Waals surface area contributed by atoms with E-state index < -0.39 is 6.10 Å². The van der Waals surface area contributed by atoms with E-state index in [9.17, 15) is 4.79 Å². The second-order valence-corrected chi connectivity index (χ2v) is 4.47. The molecule has 0 aliphatic carbocycles. The lowest BCUT2D eigenvalue weighted by Crippen LogP contribution is -2.30. The zero-order chi connectivity index (χ0) is 15.9. The Bertz CT molecular complexity index is 675. The maximum atomic E-state index is 12.0. The van der Waals surface area contributed by atoms with E-state index in [1.807, 2.05) is 6.07 Å². The van der Waals surface area contributed by atoms with Crippen molar-refractivity contribution in [3.8, 4) is 17.7 Å². The molecule has 22 heavy (non-hydrogen) atoms. The summed E-state index contributed by atoms with van der Waals surface area (Å²) in [6, 6.07) is 11.9. The van der Waals surface area contributed by atoms with E-state index in [1.165, 1.54) is 13.3 Å². The van der Waals surface area contributed by atoms with E-state index in [4.69, 9.17) is 14.7 Å². The summed E-state index contributed by atoms with van der Waals surface area (Å²) in [7, 11) is 1.52. The summed E-state index contributed by atoms with van der Waals surface area (Å²) < 4.78 is 10.5. The molecule has 0 fully saturated rings. The van der Waals surface area contributed by atoms with Crippen LogP contribution in [0.5, 0.6) is 11.6 Å². The molecule has 2 aromatic rings. The average molecular weight is 297 g/mol. The molecule has 0 bridgehead atoms. The summed E-state index contributed by atoms with van der Waals surface area (Å²) in [6.07, 6.45) is 0.820. The number of amides is 1. The first kappa shape index (κ1) is 15.3. The molecular formula is C16H15N3O3. The standard InChI is InChI=1S/C16H15N3O3/c1-11(22-14-6-3-12(9-17)4-7-14)16(20)19-13-5-8-15(21-2)18-10-13/h3-8,10-11H,1-2H3,(H,19,20). The zero-order valence-corrected chi connectivity index (χ0v) is 12.2. The molecule has 1 heterocycles. The summed E-state index contributed by atoms with van der Waals surface area (Å²) in [5, 5.41) is 11.4. The highest BCUT2D eigenvalue weighted by molar-refractivity contribution is 5.93. The van der Waals surface area contributed by atoms with Crippen LogP contribution in [0, 0.1) is 11.3 Å². The summed E-state index contributed by atoms with van der Waals surface area (Å²) in [5.74, 6) is 0.700. The molecule has 2 rings (SSSR count). The van der Waals surface area contributed by atoms with Gasteiger partial charge in [-0.15, -0.1) is 0 Å². The number of nitriles is 1. The van der Waals surface area contributed by atoms with Gasteiger partial charge in [0.2, 0.25) is 5.88 Å². The number of rotatable bonds is 5. The molecule has 0 radical (unpaired) electrons. The summed E-state index contributed by atoms with van der Waals surface area (Å²) in [5.41, 5.74) is 1.09. The fraction of sp³-hybridized carbons (Fsp3) is 0.188. The minimum atomic E-state index is -0.685. The fourth-order valence-corrected chi connectivity index (χ4v) is 1.68. The Labute approximate surface area is 128 Å².